The molecule has 0 aliphatic carbocycles. The number of pyridine rings is 2. The molecule has 4 nitrogen and oxygen atoms in total. The number of halogens is 1. The minimum Gasteiger partial charge on any atom is -0.437 e. The van der Waals surface area contributed by atoms with E-state index in [1.54, 1.807) is 24.7 Å². The third-order valence-electron chi connectivity index (χ3n) is 1.96. The van der Waals surface area contributed by atoms with E-state index in [4.69, 9.17) is 10.5 Å². The summed E-state index contributed by atoms with van der Waals surface area (Å²) in [6.07, 6.45) is 4.99. The minimum absolute atomic E-state index is 0.377. The van der Waals surface area contributed by atoms with Crippen LogP contribution >= 0.6 is 15.9 Å². The SMILES string of the molecule is NCc1cc(Br)cnc1Oc1cccnc1. The van der Waals surface area contributed by atoms with Crippen molar-refractivity contribution in [3.63, 3.8) is 0 Å². The molecule has 2 aromatic heterocycles. The van der Waals surface area contributed by atoms with Crippen molar-refractivity contribution in [2.75, 3.05) is 0 Å². The summed E-state index contributed by atoms with van der Waals surface area (Å²) in [6.45, 7) is 0.377. The zero-order valence-corrected chi connectivity index (χ0v) is 10.0. The van der Waals surface area contributed by atoms with Crippen LogP contribution in [0.5, 0.6) is 11.6 Å². The minimum atomic E-state index is 0.377. The number of rotatable bonds is 3. The monoisotopic (exact) mass is 279 g/mol. The third-order valence-corrected chi connectivity index (χ3v) is 2.39. The Hall–Kier alpha value is -1.46. The summed E-state index contributed by atoms with van der Waals surface area (Å²) in [5, 5.41) is 0. The molecule has 0 saturated heterocycles. The summed E-state index contributed by atoms with van der Waals surface area (Å²) < 4.78 is 6.46. The number of ether oxygens (including phenoxy) is 1. The van der Waals surface area contributed by atoms with Crippen LogP contribution in [-0.2, 0) is 6.54 Å². The number of hydrogen-bond donors (Lipinski definition) is 1. The quantitative estimate of drug-likeness (QED) is 0.938. The van der Waals surface area contributed by atoms with Gasteiger partial charge in [0.2, 0.25) is 5.88 Å². The zero-order valence-electron chi connectivity index (χ0n) is 8.43. The predicted octanol–water partition coefficient (Wildman–Crippen LogP) is 2.49. The first kappa shape index (κ1) is 11.0. The van der Waals surface area contributed by atoms with E-state index in [2.05, 4.69) is 25.9 Å². The van der Waals surface area contributed by atoms with Gasteiger partial charge in [-0.2, -0.15) is 0 Å². The molecule has 0 unspecified atom stereocenters. The standard InChI is InChI=1S/C11H10BrN3O/c12-9-4-8(5-13)11(15-6-9)16-10-2-1-3-14-7-10/h1-4,6-7H,5,13H2. The van der Waals surface area contributed by atoms with E-state index in [0.29, 0.717) is 18.2 Å². The van der Waals surface area contributed by atoms with Crippen LogP contribution in [0.2, 0.25) is 0 Å². The van der Waals surface area contributed by atoms with Gasteiger partial charge in [-0.1, -0.05) is 0 Å². The average molecular weight is 280 g/mol. The summed E-state index contributed by atoms with van der Waals surface area (Å²) >= 11 is 3.34. The van der Waals surface area contributed by atoms with Crippen LogP contribution < -0.4 is 10.5 Å². The van der Waals surface area contributed by atoms with Gasteiger partial charge in [0.25, 0.3) is 0 Å². The second-order valence-electron chi connectivity index (χ2n) is 3.11. The molecular weight excluding hydrogens is 270 g/mol. The van der Waals surface area contributed by atoms with Crippen molar-refractivity contribution in [1.29, 1.82) is 0 Å². The fourth-order valence-electron chi connectivity index (χ4n) is 1.23. The Labute approximate surface area is 102 Å². The largest absolute Gasteiger partial charge is 0.437 e. The molecule has 0 bridgehead atoms. The van der Waals surface area contributed by atoms with E-state index in [9.17, 15) is 0 Å². The smallest absolute Gasteiger partial charge is 0.223 e. The molecule has 2 aromatic rings. The summed E-state index contributed by atoms with van der Waals surface area (Å²) in [5.41, 5.74) is 6.46. The molecule has 0 amide bonds. The van der Waals surface area contributed by atoms with Crippen LogP contribution in [0.3, 0.4) is 0 Å². The average Bonchev–Trinajstić information content (AvgIpc) is 2.33. The predicted molar refractivity (Wildman–Crippen MR) is 64.1 cm³/mol. The molecule has 2 heterocycles. The van der Waals surface area contributed by atoms with Crippen LogP contribution in [-0.4, -0.2) is 9.97 Å². The van der Waals surface area contributed by atoms with E-state index in [-0.39, 0.29) is 0 Å². The first-order chi connectivity index (χ1) is 7.79. The number of hydrogen-bond acceptors (Lipinski definition) is 4. The van der Waals surface area contributed by atoms with Gasteiger partial charge in [-0.3, -0.25) is 4.98 Å². The number of nitrogens with zero attached hydrogens (tertiary/aromatic N) is 2. The lowest BCUT2D eigenvalue weighted by Gasteiger charge is -2.08. The van der Waals surface area contributed by atoms with Gasteiger partial charge in [-0.05, 0) is 34.1 Å². The van der Waals surface area contributed by atoms with E-state index in [0.717, 1.165) is 10.0 Å². The highest BCUT2D eigenvalue weighted by atomic mass is 79.9. The summed E-state index contributed by atoms with van der Waals surface area (Å²) in [6, 6.07) is 5.51. The third kappa shape index (κ3) is 2.56. The molecule has 0 saturated carbocycles. The van der Waals surface area contributed by atoms with Crippen molar-refractivity contribution < 1.29 is 4.74 Å². The van der Waals surface area contributed by atoms with Gasteiger partial charge in [0.1, 0.15) is 5.75 Å². The van der Waals surface area contributed by atoms with Crippen molar-refractivity contribution in [2.45, 2.75) is 6.54 Å². The highest BCUT2D eigenvalue weighted by Gasteiger charge is 2.05. The Balaban J connectivity index is 2.28. The maximum absolute atomic E-state index is 5.62. The van der Waals surface area contributed by atoms with Crippen LogP contribution in [0.4, 0.5) is 0 Å². The zero-order chi connectivity index (χ0) is 11.4. The van der Waals surface area contributed by atoms with Crippen molar-refractivity contribution in [2.24, 2.45) is 5.73 Å². The van der Waals surface area contributed by atoms with Gasteiger partial charge in [-0.15, -0.1) is 0 Å². The molecule has 0 aliphatic heterocycles. The van der Waals surface area contributed by atoms with Crippen LogP contribution in [0, 0.1) is 0 Å². The van der Waals surface area contributed by atoms with Crippen LogP contribution in [0.1, 0.15) is 5.56 Å². The Morgan fingerprint density at radius 1 is 1.38 bits per heavy atom. The van der Waals surface area contributed by atoms with Gasteiger partial charge in [0.05, 0.1) is 6.20 Å². The molecule has 0 fully saturated rings. The molecule has 0 spiro atoms. The van der Waals surface area contributed by atoms with E-state index >= 15 is 0 Å². The molecule has 0 radical (unpaired) electrons. The van der Waals surface area contributed by atoms with Gasteiger partial charge in [-0.25, -0.2) is 4.98 Å². The summed E-state index contributed by atoms with van der Waals surface area (Å²) in [7, 11) is 0. The lowest BCUT2D eigenvalue weighted by Crippen LogP contribution is -2.01. The molecular formula is C11H10BrN3O. The van der Waals surface area contributed by atoms with E-state index < -0.39 is 0 Å². The Bertz CT molecular complexity index is 476. The van der Waals surface area contributed by atoms with Gasteiger partial charge in [0, 0.05) is 29.0 Å². The van der Waals surface area contributed by atoms with Crippen molar-refractivity contribution in [3.8, 4) is 11.6 Å². The molecule has 82 valence electrons. The van der Waals surface area contributed by atoms with Gasteiger partial charge in [0.15, 0.2) is 0 Å². The molecule has 0 atom stereocenters. The summed E-state index contributed by atoms with van der Waals surface area (Å²) in [4.78, 5) is 8.13. The molecule has 0 aliphatic rings. The number of nitrogens with two attached hydrogens (primary N) is 1. The van der Waals surface area contributed by atoms with E-state index in [1.165, 1.54) is 0 Å². The van der Waals surface area contributed by atoms with E-state index in [1.807, 2.05) is 12.1 Å². The molecule has 5 heteroatoms. The first-order valence-corrected chi connectivity index (χ1v) is 5.51. The second kappa shape index (κ2) is 5.05. The normalized spacial score (nSPS) is 10.1. The van der Waals surface area contributed by atoms with Crippen molar-refractivity contribution in [1.82, 2.24) is 9.97 Å². The molecule has 2 N–H and O–H groups in total. The van der Waals surface area contributed by atoms with Crippen LogP contribution in [0.25, 0.3) is 0 Å². The van der Waals surface area contributed by atoms with Gasteiger partial charge >= 0.3 is 0 Å². The fraction of sp³-hybridized carbons (Fsp3) is 0.0909. The Morgan fingerprint density at radius 3 is 2.94 bits per heavy atom. The molecule has 16 heavy (non-hydrogen) atoms. The van der Waals surface area contributed by atoms with Crippen molar-refractivity contribution >= 4 is 15.9 Å². The molecule has 0 aromatic carbocycles. The van der Waals surface area contributed by atoms with Crippen molar-refractivity contribution in [3.05, 3.63) is 46.8 Å². The lowest BCUT2D eigenvalue weighted by molar-refractivity contribution is 0.454. The second-order valence-corrected chi connectivity index (χ2v) is 4.03. The fourth-order valence-corrected chi connectivity index (χ4v) is 1.60. The highest BCUT2D eigenvalue weighted by Crippen LogP contribution is 2.24. The van der Waals surface area contributed by atoms with Crippen LogP contribution in [0.15, 0.2) is 41.3 Å². The Kier molecular flexibility index (Phi) is 3.48. The Morgan fingerprint density at radius 2 is 2.25 bits per heavy atom. The maximum atomic E-state index is 5.62. The maximum Gasteiger partial charge on any atom is 0.223 e. The lowest BCUT2D eigenvalue weighted by atomic mass is 10.3. The molecule has 2 rings (SSSR count). The highest BCUT2D eigenvalue weighted by molar-refractivity contribution is 9.10. The topological polar surface area (TPSA) is 61.0 Å². The van der Waals surface area contributed by atoms with Gasteiger partial charge < -0.3 is 10.5 Å². The first-order valence-electron chi connectivity index (χ1n) is 4.72. The summed E-state index contributed by atoms with van der Waals surface area (Å²) in [5.74, 6) is 1.16. The number of aromatic nitrogens is 2.